The van der Waals surface area contributed by atoms with Crippen molar-refractivity contribution in [2.45, 2.75) is 12.5 Å². The van der Waals surface area contributed by atoms with Crippen molar-refractivity contribution in [3.8, 4) is 11.1 Å². The van der Waals surface area contributed by atoms with Gasteiger partial charge in [-0.1, -0.05) is 47.6 Å². The van der Waals surface area contributed by atoms with Gasteiger partial charge >= 0.3 is 0 Å². The number of hydrogen-bond donors (Lipinski definition) is 1. The highest BCUT2D eigenvalue weighted by Crippen LogP contribution is 2.23. The summed E-state index contributed by atoms with van der Waals surface area (Å²) in [6, 6.07) is 16.7. The van der Waals surface area contributed by atoms with E-state index in [1.807, 2.05) is 42.5 Å². The average molecular weight is 395 g/mol. The van der Waals surface area contributed by atoms with Crippen molar-refractivity contribution < 1.29 is 19.2 Å². The van der Waals surface area contributed by atoms with E-state index in [9.17, 15) is 9.59 Å². The highest BCUT2D eigenvalue weighted by Gasteiger charge is 2.38. The summed E-state index contributed by atoms with van der Waals surface area (Å²) >= 11 is 0. The summed E-state index contributed by atoms with van der Waals surface area (Å²) < 4.78 is 4.97. The summed E-state index contributed by atoms with van der Waals surface area (Å²) in [7, 11) is 3.02. The first-order valence-corrected chi connectivity index (χ1v) is 9.46. The van der Waals surface area contributed by atoms with Crippen molar-refractivity contribution in [2.24, 2.45) is 5.16 Å². The minimum atomic E-state index is -0.623. The Morgan fingerprint density at radius 1 is 1.07 bits per heavy atom. The molecule has 2 aromatic carbocycles. The number of methoxy groups -OCH3 is 1. The minimum absolute atomic E-state index is 0.210. The van der Waals surface area contributed by atoms with E-state index >= 15 is 0 Å². The van der Waals surface area contributed by atoms with Gasteiger partial charge in [-0.15, -0.1) is 0 Å². The molecule has 1 fully saturated rings. The number of carbonyl (C=O) groups is 2. The molecule has 3 rings (SSSR count). The van der Waals surface area contributed by atoms with Crippen LogP contribution in [0.3, 0.4) is 0 Å². The van der Waals surface area contributed by atoms with E-state index in [2.05, 4.69) is 10.5 Å². The zero-order valence-electron chi connectivity index (χ0n) is 16.6. The first-order chi connectivity index (χ1) is 14.1. The molecule has 2 amide bonds. The molecule has 0 bridgehead atoms. The fourth-order valence-corrected chi connectivity index (χ4v) is 3.34. The summed E-state index contributed by atoms with van der Waals surface area (Å²) in [5.41, 5.74) is 3.29. The van der Waals surface area contributed by atoms with Gasteiger partial charge in [0, 0.05) is 25.6 Å². The van der Waals surface area contributed by atoms with Crippen molar-refractivity contribution in [1.29, 1.82) is 0 Å². The lowest BCUT2D eigenvalue weighted by atomic mass is 10.0. The predicted octanol–water partition coefficient (Wildman–Crippen LogP) is 2.33. The van der Waals surface area contributed by atoms with Crippen molar-refractivity contribution >= 4 is 17.5 Å². The van der Waals surface area contributed by atoms with Crippen LogP contribution in [0.2, 0.25) is 0 Å². The molecule has 0 radical (unpaired) electrons. The van der Waals surface area contributed by atoms with E-state index in [4.69, 9.17) is 9.57 Å². The van der Waals surface area contributed by atoms with Gasteiger partial charge < -0.3 is 19.8 Å². The number of oxime groups is 1. The third-order valence-electron chi connectivity index (χ3n) is 4.79. The number of ether oxygens (including phenoxy) is 1. The van der Waals surface area contributed by atoms with E-state index in [1.165, 1.54) is 12.0 Å². The van der Waals surface area contributed by atoms with Crippen LogP contribution in [0.25, 0.3) is 11.1 Å². The lowest BCUT2D eigenvalue weighted by molar-refractivity contribution is -0.125. The molecule has 2 aromatic rings. The molecule has 0 aliphatic carbocycles. The summed E-state index contributed by atoms with van der Waals surface area (Å²) in [5, 5.41) is 6.75. The molecule has 0 saturated carbocycles. The van der Waals surface area contributed by atoms with Crippen LogP contribution in [0.5, 0.6) is 0 Å². The Hall–Kier alpha value is -3.19. The maximum atomic E-state index is 13.1. The Kier molecular flexibility index (Phi) is 6.97. The van der Waals surface area contributed by atoms with E-state index in [0.717, 1.165) is 11.1 Å². The van der Waals surface area contributed by atoms with Gasteiger partial charge in [0.2, 0.25) is 5.91 Å². The molecule has 7 heteroatoms. The predicted molar refractivity (Wildman–Crippen MR) is 111 cm³/mol. The van der Waals surface area contributed by atoms with Gasteiger partial charge in [0.1, 0.15) is 13.2 Å². The fraction of sp³-hybridized carbons (Fsp3) is 0.318. The van der Waals surface area contributed by atoms with Crippen molar-refractivity contribution in [3.05, 3.63) is 60.2 Å². The van der Waals surface area contributed by atoms with Gasteiger partial charge in [0.25, 0.3) is 5.91 Å². The molecule has 1 saturated heterocycles. The normalized spacial score (nSPS) is 17.4. The second kappa shape index (κ2) is 9.84. The van der Waals surface area contributed by atoms with Crippen LogP contribution in [0.15, 0.2) is 59.8 Å². The lowest BCUT2D eigenvalue weighted by Crippen LogP contribution is -2.46. The fourth-order valence-electron chi connectivity index (χ4n) is 3.34. The van der Waals surface area contributed by atoms with Gasteiger partial charge in [0.15, 0.2) is 0 Å². The summed E-state index contributed by atoms with van der Waals surface area (Å²) in [4.78, 5) is 32.1. The molecule has 1 atom stereocenters. The van der Waals surface area contributed by atoms with Crippen LogP contribution in [0.4, 0.5) is 0 Å². The van der Waals surface area contributed by atoms with E-state index in [-0.39, 0.29) is 18.4 Å². The molecule has 1 aliphatic rings. The quantitative estimate of drug-likeness (QED) is 0.576. The molecule has 1 N–H and O–H groups in total. The van der Waals surface area contributed by atoms with Gasteiger partial charge in [-0.25, -0.2) is 0 Å². The molecule has 0 unspecified atom stereocenters. The third kappa shape index (κ3) is 5.00. The van der Waals surface area contributed by atoms with Gasteiger partial charge in [-0.05, 0) is 23.3 Å². The Morgan fingerprint density at radius 2 is 1.76 bits per heavy atom. The van der Waals surface area contributed by atoms with E-state index < -0.39 is 6.04 Å². The lowest BCUT2D eigenvalue weighted by Gasteiger charge is -2.23. The number of benzene rings is 2. The molecule has 29 heavy (non-hydrogen) atoms. The monoisotopic (exact) mass is 395 g/mol. The van der Waals surface area contributed by atoms with E-state index in [1.54, 1.807) is 19.2 Å². The maximum Gasteiger partial charge on any atom is 0.254 e. The highest BCUT2D eigenvalue weighted by molar-refractivity contribution is 6.05. The zero-order chi connectivity index (χ0) is 20.6. The molecule has 7 nitrogen and oxygen atoms in total. The highest BCUT2D eigenvalue weighted by atomic mass is 16.6. The molecule has 0 spiro atoms. The Bertz CT molecular complexity index is 865. The van der Waals surface area contributed by atoms with E-state index in [0.29, 0.717) is 30.8 Å². The first-order valence-electron chi connectivity index (χ1n) is 9.46. The molecule has 0 aromatic heterocycles. The van der Waals surface area contributed by atoms with Crippen LogP contribution < -0.4 is 5.32 Å². The van der Waals surface area contributed by atoms with Crippen molar-refractivity contribution in [2.75, 3.05) is 33.9 Å². The number of nitrogens with zero attached hydrogens (tertiary/aromatic N) is 2. The summed E-state index contributed by atoms with van der Waals surface area (Å²) in [6.07, 6.45) is 0.348. The maximum absolute atomic E-state index is 13.1. The van der Waals surface area contributed by atoms with Crippen molar-refractivity contribution in [3.63, 3.8) is 0 Å². The molecule has 152 valence electrons. The van der Waals surface area contributed by atoms with Crippen LogP contribution in [-0.2, 0) is 14.4 Å². The summed E-state index contributed by atoms with van der Waals surface area (Å²) in [5.74, 6) is -0.435. The SMILES string of the molecule is COCCNC(=O)[C@@H]1C/C(=N\OC)CN1C(=O)c1ccc(-c2ccccc2)cc1. The Morgan fingerprint density at radius 3 is 2.41 bits per heavy atom. The first kappa shape index (κ1) is 20.5. The Balaban J connectivity index is 1.77. The number of amides is 2. The molecular weight excluding hydrogens is 370 g/mol. The Labute approximate surface area is 170 Å². The molecule has 1 aliphatic heterocycles. The van der Waals surface area contributed by atoms with Gasteiger partial charge in [-0.2, -0.15) is 0 Å². The second-order valence-electron chi connectivity index (χ2n) is 6.72. The van der Waals surface area contributed by atoms with Crippen LogP contribution >= 0.6 is 0 Å². The van der Waals surface area contributed by atoms with Crippen LogP contribution in [-0.4, -0.2) is 62.4 Å². The van der Waals surface area contributed by atoms with Crippen LogP contribution in [0.1, 0.15) is 16.8 Å². The average Bonchev–Trinajstić information content (AvgIpc) is 3.18. The third-order valence-corrected chi connectivity index (χ3v) is 4.79. The van der Waals surface area contributed by atoms with Crippen molar-refractivity contribution in [1.82, 2.24) is 10.2 Å². The molecule has 1 heterocycles. The second-order valence-corrected chi connectivity index (χ2v) is 6.72. The van der Waals surface area contributed by atoms with Gasteiger partial charge in [0.05, 0.1) is 18.9 Å². The zero-order valence-corrected chi connectivity index (χ0v) is 16.6. The topological polar surface area (TPSA) is 80.2 Å². The molecular formula is C22H25N3O4. The van der Waals surface area contributed by atoms with Crippen LogP contribution in [0, 0.1) is 0 Å². The number of rotatable bonds is 7. The number of carbonyl (C=O) groups excluding carboxylic acids is 2. The minimum Gasteiger partial charge on any atom is -0.399 e. The van der Waals surface area contributed by atoms with Gasteiger partial charge in [-0.3, -0.25) is 9.59 Å². The largest absolute Gasteiger partial charge is 0.399 e. The standard InChI is InChI=1S/C22H25N3O4/c1-28-13-12-23-21(26)20-14-19(24-29-2)15-25(20)22(27)18-10-8-17(9-11-18)16-6-4-3-5-7-16/h3-11,20H,12-15H2,1-2H3,(H,23,26)/b24-19+/t20-/m0/s1. The summed E-state index contributed by atoms with van der Waals surface area (Å²) in [6.45, 7) is 1.05. The number of nitrogens with one attached hydrogen (secondary N) is 1. The number of hydrogen-bond acceptors (Lipinski definition) is 5. The smallest absolute Gasteiger partial charge is 0.254 e. The number of likely N-dealkylation sites (tertiary alicyclic amines) is 1.